The molecule has 0 atom stereocenters. The molecule has 3 heteroatoms. The molecule has 0 aliphatic rings. The summed E-state index contributed by atoms with van der Waals surface area (Å²) in [6.07, 6.45) is 1.80. The summed E-state index contributed by atoms with van der Waals surface area (Å²) in [5, 5.41) is 3.12. The molecule has 0 amide bonds. The first kappa shape index (κ1) is 8.84. The van der Waals surface area contributed by atoms with Gasteiger partial charge in [-0.05, 0) is 19.4 Å². The fourth-order valence-corrected chi connectivity index (χ4v) is 1.31. The van der Waals surface area contributed by atoms with Crippen LogP contribution in [-0.4, -0.2) is 19.1 Å². The third-order valence-corrected chi connectivity index (χ3v) is 1.91. The molecule has 66 valence electrons. The minimum atomic E-state index is 0.685. The van der Waals surface area contributed by atoms with E-state index >= 15 is 0 Å². The molecular weight excluding hydrogens is 152 g/mol. The SMILES string of the molecule is CNc1c(C)cnc(OC)c1C. The van der Waals surface area contributed by atoms with Gasteiger partial charge in [-0.3, -0.25) is 0 Å². The Kier molecular flexibility index (Phi) is 2.53. The summed E-state index contributed by atoms with van der Waals surface area (Å²) >= 11 is 0. The summed E-state index contributed by atoms with van der Waals surface area (Å²) in [7, 11) is 3.53. The molecule has 1 aromatic rings. The molecule has 0 aromatic carbocycles. The van der Waals surface area contributed by atoms with Gasteiger partial charge in [0.25, 0.3) is 0 Å². The van der Waals surface area contributed by atoms with Crippen LogP contribution in [0.15, 0.2) is 6.20 Å². The van der Waals surface area contributed by atoms with E-state index in [1.807, 2.05) is 20.9 Å². The lowest BCUT2D eigenvalue weighted by atomic mass is 10.2. The van der Waals surface area contributed by atoms with Crippen LogP contribution in [-0.2, 0) is 0 Å². The number of methoxy groups -OCH3 is 1. The Balaban J connectivity index is 3.24. The van der Waals surface area contributed by atoms with Crippen molar-refractivity contribution in [3.8, 4) is 5.88 Å². The second kappa shape index (κ2) is 3.43. The van der Waals surface area contributed by atoms with Gasteiger partial charge in [0.1, 0.15) is 0 Å². The van der Waals surface area contributed by atoms with Crippen LogP contribution < -0.4 is 10.1 Å². The predicted molar refractivity (Wildman–Crippen MR) is 49.8 cm³/mol. The van der Waals surface area contributed by atoms with Gasteiger partial charge in [-0.25, -0.2) is 4.98 Å². The van der Waals surface area contributed by atoms with E-state index in [0.29, 0.717) is 5.88 Å². The largest absolute Gasteiger partial charge is 0.481 e. The van der Waals surface area contributed by atoms with Crippen molar-refractivity contribution >= 4 is 5.69 Å². The normalized spacial score (nSPS) is 9.67. The number of hydrogen-bond acceptors (Lipinski definition) is 3. The third-order valence-electron chi connectivity index (χ3n) is 1.91. The molecule has 0 radical (unpaired) electrons. The van der Waals surface area contributed by atoms with Gasteiger partial charge >= 0.3 is 0 Å². The van der Waals surface area contributed by atoms with Gasteiger partial charge in [0, 0.05) is 24.5 Å². The average Bonchev–Trinajstić information content (AvgIpc) is 2.06. The van der Waals surface area contributed by atoms with E-state index in [1.54, 1.807) is 13.3 Å². The highest BCUT2D eigenvalue weighted by Crippen LogP contribution is 2.25. The van der Waals surface area contributed by atoms with Crippen LogP contribution in [0, 0.1) is 13.8 Å². The molecule has 0 spiro atoms. The summed E-state index contributed by atoms with van der Waals surface area (Å²) in [5.74, 6) is 0.685. The Morgan fingerprint density at radius 3 is 2.58 bits per heavy atom. The second-order valence-electron chi connectivity index (χ2n) is 2.70. The predicted octanol–water partition coefficient (Wildman–Crippen LogP) is 1.75. The number of pyridine rings is 1. The lowest BCUT2D eigenvalue weighted by Gasteiger charge is -2.11. The van der Waals surface area contributed by atoms with Gasteiger partial charge in [0.2, 0.25) is 5.88 Å². The van der Waals surface area contributed by atoms with Gasteiger partial charge in [-0.15, -0.1) is 0 Å². The van der Waals surface area contributed by atoms with Crippen LogP contribution in [0.1, 0.15) is 11.1 Å². The Labute approximate surface area is 72.8 Å². The Bertz CT molecular complexity index is 284. The molecule has 1 N–H and O–H groups in total. The van der Waals surface area contributed by atoms with Crippen LogP contribution in [0.25, 0.3) is 0 Å². The second-order valence-corrected chi connectivity index (χ2v) is 2.70. The van der Waals surface area contributed by atoms with Crippen LogP contribution >= 0.6 is 0 Å². The molecule has 1 aromatic heterocycles. The number of hydrogen-bond donors (Lipinski definition) is 1. The molecule has 3 nitrogen and oxygen atoms in total. The number of rotatable bonds is 2. The smallest absolute Gasteiger partial charge is 0.218 e. The first-order chi connectivity index (χ1) is 5.70. The number of nitrogens with zero attached hydrogens (tertiary/aromatic N) is 1. The van der Waals surface area contributed by atoms with Crippen molar-refractivity contribution in [1.29, 1.82) is 0 Å². The average molecular weight is 166 g/mol. The molecule has 1 heterocycles. The van der Waals surface area contributed by atoms with Crippen LogP contribution in [0.2, 0.25) is 0 Å². The van der Waals surface area contributed by atoms with E-state index in [9.17, 15) is 0 Å². The van der Waals surface area contributed by atoms with Crippen molar-refractivity contribution in [3.05, 3.63) is 17.3 Å². The van der Waals surface area contributed by atoms with E-state index in [2.05, 4.69) is 10.3 Å². The van der Waals surface area contributed by atoms with Crippen molar-refractivity contribution in [2.45, 2.75) is 13.8 Å². The Morgan fingerprint density at radius 2 is 2.08 bits per heavy atom. The minimum Gasteiger partial charge on any atom is -0.481 e. The van der Waals surface area contributed by atoms with Crippen molar-refractivity contribution in [2.24, 2.45) is 0 Å². The number of anilines is 1. The van der Waals surface area contributed by atoms with Crippen LogP contribution in [0.3, 0.4) is 0 Å². The molecule has 0 aliphatic heterocycles. The first-order valence-corrected chi connectivity index (χ1v) is 3.88. The lowest BCUT2D eigenvalue weighted by molar-refractivity contribution is 0.394. The number of ether oxygens (including phenoxy) is 1. The zero-order valence-electron chi connectivity index (χ0n) is 7.93. The van der Waals surface area contributed by atoms with E-state index in [1.165, 1.54) is 0 Å². The zero-order chi connectivity index (χ0) is 9.14. The maximum absolute atomic E-state index is 5.09. The zero-order valence-corrected chi connectivity index (χ0v) is 7.93. The first-order valence-electron chi connectivity index (χ1n) is 3.88. The maximum atomic E-state index is 5.09. The number of aryl methyl sites for hydroxylation is 1. The summed E-state index contributed by atoms with van der Waals surface area (Å²) in [6, 6.07) is 0. The standard InChI is InChI=1S/C9H14N2O/c1-6-5-11-9(12-4)7(2)8(6)10-3/h5H,1-4H3,(H,10,11). The van der Waals surface area contributed by atoms with Crippen molar-refractivity contribution < 1.29 is 4.74 Å². The van der Waals surface area contributed by atoms with Crippen LogP contribution in [0.5, 0.6) is 5.88 Å². The molecule has 0 saturated carbocycles. The van der Waals surface area contributed by atoms with Gasteiger partial charge < -0.3 is 10.1 Å². The molecule has 0 fully saturated rings. The topological polar surface area (TPSA) is 34.2 Å². The maximum Gasteiger partial charge on any atom is 0.218 e. The van der Waals surface area contributed by atoms with Gasteiger partial charge in [-0.2, -0.15) is 0 Å². The fraction of sp³-hybridized carbons (Fsp3) is 0.444. The molecule has 0 aliphatic carbocycles. The fourth-order valence-electron chi connectivity index (χ4n) is 1.31. The summed E-state index contributed by atoms with van der Waals surface area (Å²) in [6.45, 7) is 4.01. The quantitative estimate of drug-likeness (QED) is 0.726. The van der Waals surface area contributed by atoms with E-state index in [0.717, 1.165) is 16.8 Å². The van der Waals surface area contributed by atoms with Gasteiger partial charge in [0.15, 0.2) is 0 Å². The van der Waals surface area contributed by atoms with E-state index < -0.39 is 0 Å². The molecule has 0 saturated heterocycles. The van der Waals surface area contributed by atoms with Gasteiger partial charge in [-0.1, -0.05) is 0 Å². The third kappa shape index (κ3) is 1.35. The lowest BCUT2D eigenvalue weighted by Crippen LogP contribution is -1.99. The molecule has 0 unspecified atom stereocenters. The molecule has 0 bridgehead atoms. The van der Waals surface area contributed by atoms with E-state index in [4.69, 9.17) is 4.74 Å². The molecular formula is C9H14N2O. The molecule has 12 heavy (non-hydrogen) atoms. The monoisotopic (exact) mass is 166 g/mol. The summed E-state index contributed by atoms with van der Waals surface area (Å²) in [4.78, 5) is 4.14. The van der Waals surface area contributed by atoms with Crippen LogP contribution in [0.4, 0.5) is 5.69 Å². The van der Waals surface area contributed by atoms with Crippen molar-refractivity contribution in [2.75, 3.05) is 19.5 Å². The minimum absolute atomic E-state index is 0.685. The van der Waals surface area contributed by atoms with Gasteiger partial charge in [0.05, 0.1) is 7.11 Å². The Hall–Kier alpha value is -1.25. The van der Waals surface area contributed by atoms with Crippen molar-refractivity contribution in [3.63, 3.8) is 0 Å². The highest BCUT2D eigenvalue weighted by atomic mass is 16.5. The highest BCUT2D eigenvalue weighted by molar-refractivity contribution is 5.58. The summed E-state index contributed by atoms with van der Waals surface area (Å²) in [5.41, 5.74) is 3.29. The van der Waals surface area contributed by atoms with Crippen molar-refractivity contribution in [1.82, 2.24) is 4.98 Å². The summed E-state index contributed by atoms with van der Waals surface area (Å²) < 4.78 is 5.09. The number of nitrogens with one attached hydrogen (secondary N) is 1. The number of aromatic nitrogens is 1. The van der Waals surface area contributed by atoms with E-state index in [-0.39, 0.29) is 0 Å². The molecule has 1 rings (SSSR count). The Morgan fingerprint density at radius 1 is 1.42 bits per heavy atom. The highest BCUT2D eigenvalue weighted by Gasteiger charge is 2.06.